The van der Waals surface area contributed by atoms with Crippen LogP contribution < -0.4 is 5.14 Å². The van der Waals surface area contributed by atoms with Gasteiger partial charge in [-0.1, -0.05) is 11.6 Å². The van der Waals surface area contributed by atoms with E-state index >= 15 is 0 Å². The Hall–Kier alpha value is -0.170. The van der Waals surface area contributed by atoms with Crippen molar-refractivity contribution < 1.29 is 8.42 Å². The second kappa shape index (κ2) is 3.29. The number of primary sulfonamides is 1. The first-order chi connectivity index (χ1) is 5.41. The molecule has 0 spiro atoms. The molecule has 1 rings (SSSR count). The molecule has 0 unspecified atom stereocenters. The van der Waals surface area contributed by atoms with E-state index in [9.17, 15) is 8.42 Å². The number of sulfonamides is 1. The van der Waals surface area contributed by atoms with Crippen molar-refractivity contribution in [1.82, 2.24) is 4.98 Å². The van der Waals surface area contributed by atoms with Gasteiger partial charge >= 0.3 is 0 Å². The molecule has 0 bridgehead atoms. The van der Waals surface area contributed by atoms with Gasteiger partial charge < -0.3 is 0 Å². The molecule has 1 aromatic heterocycles. The van der Waals surface area contributed by atoms with Crippen molar-refractivity contribution >= 4 is 37.6 Å². The quantitative estimate of drug-likeness (QED) is 0.779. The molecule has 0 atom stereocenters. The Kier molecular flexibility index (Phi) is 2.72. The second-order valence-corrected chi connectivity index (χ2v) is 4.75. The van der Waals surface area contributed by atoms with Crippen molar-refractivity contribution in [2.24, 2.45) is 5.14 Å². The van der Waals surface area contributed by atoms with E-state index in [4.69, 9.17) is 16.7 Å². The second-order valence-electron chi connectivity index (χ2n) is 1.98. The van der Waals surface area contributed by atoms with Crippen LogP contribution in [-0.2, 0) is 10.0 Å². The van der Waals surface area contributed by atoms with Crippen LogP contribution in [-0.4, -0.2) is 13.4 Å². The van der Waals surface area contributed by atoms with Crippen LogP contribution >= 0.6 is 27.5 Å². The number of hydrogen-bond donors (Lipinski definition) is 1. The monoisotopic (exact) mass is 270 g/mol. The van der Waals surface area contributed by atoms with E-state index in [1.165, 1.54) is 12.3 Å². The van der Waals surface area contributed by atoms with E-state index in [0.717, 1.165) is 0 Å². The first kappa shape index (κ1) is 9.91. The first-order valence-corrected chi connectivity index (χ1v) is 5.47. The van der Waals surface area contributed by atoms with E-state index in [1.807, 2.05) is 0 Å². The third-order valence-electron chi connectivity index (χ3n) is 1.09. The van der Waals surface area contributed by atoms with Crippen LogP contribution in [0.15, 0.2) is 21.6 Å². The molecule has 12 heavy (non-hydrogen) atoms. The molecule has 0 radical (unpaired) electrons. The summed E-state index contributed by atoms with van der Waals surface area (Å²) in [5.74, 6) is 0. The fourth-order valence-corrected chi connectivity index (χ4v) is 2.33. The van der Waals surface area contributed by atoms with Gasteiger partial charge in [0.05, 0.1) is 4.47 Å². The van der Waals surface area contributed by atoms with Crippen LogP contribution in [0.3, 0.4) is 0 Å². The fourth-order valence-electron chi connectivity index (χ4n) is 0.614. The fraction of sp³-hybridized carbons (Fsp3) is 0. The molecule has 0 aliphatic carbocycles. The molecule has 0 saturated carbocycles. The van der Waals surface area contributed by atoms with Crippen molar-refractivity contribution in [3.63, 3.8) is 0 Å². The molecule has 66 valence electrons. The van der Waals surface area contributed by atoms with E-state index in [-0.39, 0.29) is 10.0 Å². The summed E-state index contributed by atoms with van der Waals surface area (Å²) >= 11 is 8.46. The Morgan fingerprint density at radius 1 is 1.58 bits per heavy atom. The number of nitrogens with zero attached hydrogens (tertiary/aromatic N) is 1. The SMILES string of the molecule is NS(=O)(=O)c1cc(Cl)ncc1Br. The molecule has 1 aromatic rings. The highest BCUT2D eigenvalue weighted by molar-refractivity contribution is 9.10. The topological polar surface area (TPSA) is 73.1 Å². The zero-order valence-electron chi connectivity index (χ0n) is 5.66. The van der Waals surface area contributed by atoms with Crippen LogP contribution in [0.1, 0.15) is 0 Å². The lowest BCUT2D eigenvalue weighted by Crippen LogP contribution is -2.12. The lowest BCUT2D eigenvalue weighted by atomic mass is 10.5. The Morgan fingerprint density at radius 2 is 2.17 bits per heavy atom. The molecule has 1 heterocycles. The molecule has 0 saturated heterocycles. The van der Waals surface area contributed by atoms with Gasteiger partial charge in [0.1, 0.15) is 10.0 Å². The molecule has 7 heteroatoms. The molecular formula is C5H4BrClN2O2S. The molecule has 4 nitrogen and oxygen atoms in total. The van der Waals surface area contributed by atoms with Crippen LogP contribution in [0.4, 0.5) is 0 Å². The Balaban J connectivity index is 3.43. The summed E-state index contributed by atoms with van der Waals surface area (Å²) in [4.78, 5) is 3.58. The molecule has 0 amide bonds. The first-order valence-electron chi connectivity index (χ1n) is 2.75. The van der Waals surface area contributed by atoms with E-state index in [1.54, 1.807) is 0 Å². The normalized spacial score (nSPS) is 11.6. The minimum atomic E-state index is -3.73. The molecule has 2 N–H and O–H groups in total. The van der Waals surface area contributed by atoms with Gasteiger partial charge in [0.25, 0.3) is 0 Å². The standard InChI is InChI=1S/C5H4BrClN2O2S/c6-3-2-9-5(7)1-4(3)12(8,10)11/h1-2H,(H2,8,10,11). The van der Waals surface area contributed by atoms with Gasteiger partial charge in [0, 0.05) is 6.20 Å². The summed E-state index contributed by atoms with van der Waals surface area (Å²) in [6.07, 6.45) is 1.28. The Labute approximate surface area is 82.9 Å². The largest absolute Gasteiger partial charge is 0.243 e. The highest BCUT2D eigenvalue weighted by Gasteiger charge is 2.12. The molecule has 0 fully saturated rings. The summed E-state index contributed by atoms with van der Waals surface area (Å²) in [5.41, 5.74) is 0. The minimum absolute atomic E-state index is 0.0671. The molecule has 0 aliphatic rings. The zero-order chi connectivity index (χ0) is 9.35. The van der Waals surface area contributed by atoms with Crippen molar-refractivity contribution in [1.29, 1.82) is 0 Å². The highest BCUT2D eigenvalue weighted by Crippen LogP contribution is 2.21. The summed E-state index contributed by atoms with van der Waals surface area (Å²) < 4.78 is 22.0. The minimum Gasteiger partial charge on any atom is -0.243 e. The predicted molar refractivity (Wildman–Crippen MR) is 48.3 cm³/mol. The third-order valence-corrected chi connectivity index (χ3v) is 3.15. The van der Waals surface area contributed by atoms with Crippen molar-refractivity contribution in [2.75, 3.05) is 0 Å². The summed E-state index contributed by atoms with van der Waals surface area (Å²) in [5, 5.41) is 4.97. The average Bonchev–Trinajstić information content (AvgIpc) is 1.92. The molecule has 0 aliphatic heterocycles. The summed E-state index contributed by atoms with van der Waals surface area (Å²) in [6.45, 7) is 0. The zero-order valence-corrected chi connectivity index (χ0v) is 8.82. The number of hydrogen-bond acceptors (Lipinski definition) is 3. The number of rotatable bonds is 1. The van der Waals surface area contributed by atoms with E-state index < -0.39 is 10.0 Å². The van der Waals surface area contributed by atoms with Gasteiger partial charge in [-0.3, -0.25) is 0 Å². The van der Waals surface area contributed by atoms with Crippen LogP contribution in [0.2, 0.25) is 5.15 Å². The number of pyridine rings is 1. The average molecular weight is 272 g/mol. The smallest absolute Gasteiger partial charge is 0.239 e. The summed E-state index contributed by atoms with van der Waals surface area (Å²) in [6, 6.07) is 1.18. The maximum Gasteiger partial charge on any atom is 0.239 e. The lowest BCUT2D eigenvalue weighted by Gasteiger charge is -2.00. The van der Waals surface area contributed by atoms with Gasteiger partial charge in [-0.05, 0) is 22.0 Å². The molecule has 0 aromatic carbocycles. The van der Waals surface area contributed by atoms with Crippen molar-refractivity contribution in [3.8, 4) is 0 Å². The number of halogens is 2. The Bertz CT molecular complexity index is 406. The molecular weight excluding hydrogens is 267 g/mol. The lowest BCUT2D eigenvalue weighted by molar-refractivity contribution is 0.597. The van der Waals surface area contributed by atoms with Crippen LogP contribution in [0.5, 0.6) is 0 Å². The van der Waals surface area contributed by atoms with Gasteiger partial charge in [-0.25, -0.2) is 18.5 Å². The maximum absolute atomic E-state index is 10.9. The van der Waals surface area contributed by atoms with E-state index in [0.29, 0.717) is 4.47 Å². The van der Waals surface area contributed by atoms with Gasteiger partial charge in [-0.2, -0.15) is 0 Å². The number of nitrogens with two attached hydrogens (primary N) is 1. The van der Waals surface area contributed by atoms with Crippen molar-refractivity contribution in [2.45, 2.75) is 4.90 Å². The summed E-state index contributed by atoms with van der Waals surface area (Å²) in [7, 11) is -3.73. The predicted octanol–water partition coefficient (Wildman–Crippen LogP) is 1.14. The van der Waals surface area contributed by atoms with Gasteiger partial charge in [0.2, 0.25) is 10.0 Å². The van der Waals surface area contributed by atoms with Gasteiger partial charge in [0.15, 0.2) is 0 Å². The van der Waals surface area contributed by atoms with Crippen molar-refractivity contribution in [3.05, 3.63) is 21.9 Å². The van der Waals surface area contributed by atoms with Crippen LogP contribution in [0, 0.1) is 0 Å². The van der Waals surface area contributed by atoms with Crippen LogP contribution in [0.25, 0.3) is 0 Å². The van der Waals surface area contributed by atoms with Gasteiger partial charge in [-0.15, -0.1) is 0 Å². The highest BCUT2D eigenvalue weighted by atomic mass is 79.9. The van der Waals surface area contributed by atoms with E-state index in [2.05, 4.69) is 20.9 Å². The number of aromatic nitrogens is 1. The Morgan fingerprint density at radius 3 is 2.58 bits per heavy atom. The maximum atomic E-state index is 10.9. The third kappa shape index (κ3) is 2.16.